The second-order valence-corrected chi connectivity index (χ2v) is 4.65. The molecular weight excluding hydrogens is 279 g/mol. The standard InChI is InChI=1S/C16H16F3NO/c17-16(18,19)14-8-4-5-9-15(14)21-11-13(10-20)12-6-2-1-3-7-12/h1-9,13H,10-11,20H2. The van der Waals surface area contributed by atoms with Gasteiger partial charge in [-0.25, -0.2) is 0 Å². The van der Waals surface area contributed by atoms with Crippen molar-refractivity contribution < 1.29 is 17.9 Å². The number of hydrogen-bond acceptors (Lipinski definition) is 2. The lowest BCUT2D eigenvalue weighted by Gasteiger charge is -2.18. The number of hydrogen-bond donors (Lipinski definition) is 1. The van der Waals surface area contributed by atoms with E-state index in [0.29, 0.717) is 6.54 Å². The van der Waals surface area contributed by atoms with Crippen LogP contribution < -0.4 is 10.5 Å². The van der Waals surface area contributed by atoms with E-state index in [1.54, 1.807) is 0 Å². The normalized spacial score (nSPS) is 13.0. The molecule has 0 aliphatic heterocycles. The van der Waals surface area contributed by atoms with Crippen molar-refractivity contribution in [3.8, 4) is 5.75 Å². The minimum atomic E-state index is -4.43. The van der Waals surface area contributed by atoms with E-state index in [1.165, 1.54) is 18.2 Å². The summed E-state index contributed by atoms with van der Waals surface area (Å²) in [7, 11) is 0. The number of para-hydroxylation sites is 1. The van der Waals surface area contributed by atoms with Gasteiger partial charge in [0.15, 0.2) is 0 Å². The van der Waals surface area contributed by atoms with Crippen molar-refractivity contribution in [1.29, 1.82) is 0 Å². The lowest BCUT2D eigenvalue weighted by Crippen LogP contribution is -2.20. The van der Waals surface area contributed by atoms with Crippen molar-refractivity contribution in [2.45, 2.75) is 12.1 Å². The van der Waals surface area contributed by atoms with Gasteiger partial charge in [0, 0.05) is 12.5 Å². The average molecular weight is 295 g/mol. The zero-order valence-corrected chi connectivity index (χ0v) is 11.3. The highest BCUT2D eigenvalue weighted by Crippen LogP contribution is 2.36. The van der Waals surface area contributed by atoms with Crippen LogP contribution in [0.1, 0.15) is 17.0 Å². The lowest BCUT2D eigenvalue weighted by atomic mass is 10.0. The minimum Gasteiger partial charge on any atom is -0.492 e. The highest BCUT2D eigenvalue weighted by atomic mass is 19.4. The van der Waals surface area contributed by atoms with Crippen molar-refractivity contribution in [1.82, 2.24) is 0 Å². The topological polar surface area (TPSA) is 35.2 Å². The first-order valence-electron chi connectivity index (χ1n) is 6.56. The van der Waals surface area contributed by atoms with E-state index in [0.717, 1.165) is 11.6 Å². The molecule has 0 heterocycles. The first kappa shape index (κ1) is 15.4. The van der Waals surface area contributed by atoms with E-state index >= 15 is 0 Å². The third-order valence-corrected chi connectivity index (χ3v) is 3.19. The molecule has 112 valence electrons. The Morgan fingerprint density at radius 3 is 2.19 bits per heavy atom. The van der Waals surface area contributed by atoms with Crippen molar-refractivity contribution in [2.75, 3.05) is 13.2 Å². The molecular formula is C16H16F3NO. The number of benzene rings is 2. The lowest BCUT2D eigenvalue weighted by molar-refractivity contribution is -0.139. The molecule has 1 unspecified atom stereocenters. The first-order chi connectivity index (χ1) is 10.0. The molecule has 2 nitrogen and oxygen atoms in total. The Labute approximate surface area is 121 Å². The molecule has 0 amide bonds. The molecule has 5 heteroatoms. The van der Waals surface area contributed by atoms with E-state index in [-0.39, 0.29) is 18.3 Å². The van der Waals surface area contributed by atoms with Crippen LogP contribution in [0, 0.1) is 0 Å². The van der Waals surface area contributed by atoms with E-state index in [4.69, 9.17) is 10.5 Å². The summed E-state index contributed by atoms with van der Waals surface area (Å²) in [5.74, 6) is -0.313. The highest BCUT2D eigenvalue weighted by Gasteiger charge is 2.34. The SMILES string of the molecule is NCC(COc1ccccc1C(F)(F)F)c1ccccc1. The molecule has 21 heavy (non-hydrogen) atoms. The van der Waals surface area contributed by atoms with Gasteiger partial charge in [-0.15, -0.1) is 0 Å². The van der Waals surface area contributed by atoms with Crippen molar-refractivity contribution in [3.63, 3.8) is 0 Å². The van der Waals surface area contributed by atoms with Crippen molar-refractivity contribution in [2.24, 2.45) is 5.73 Å². The van der Waals surface area contributed by atoms with Crippen molar-refractivity contribution in [3.05, 3.63) is 65.7 Å². The molecule has 0 saturated carbocycles. The summed E-state index contributed by atoms with van der Waals surface area (Å²) in [6.07, 6.45) is -4.43. The average Bonchev–Trinajstić information content (AvgIpc) is 2.48. The van der Waals surface area contributed by atoms with Gasteiger partial charge in [0.1, 0.15) is 5.75 Å². The van der Waals surface area contributed by atoms with Crippen LogP contribution in [0.5, 0.6) is 5.75 Å². The van der Waals surface area contributed by atoms with Gasteiger partial charge in [0.25, 0.3) is 0 Å². The summed E-state index contributed by atoms with van der Waals surface area (Å²) in [5.41, 5.74) is 5.87. The fourth-order valence-corrected chi connectivity index (χ4v) is 2.04. The van der Waals surface area contributed by atoms with Crippen LogP contribution in [0.3, 0.4) is 0 Å². The molecule has 2 aromatic rings. The van der Waals surface area contributed by atoms with Gasteiger partial charge in [-0.3, -0.25) is 0 Å². The molecule has 0 saturated heterocycles. The predicted octanol–water partition coefficient (Wildman–Crippen LogP) is 3.83. The molecule has 0 aliphatic carbocycles. The molecule has 0 spiro atoms. The number of rotatable bonds is 5. The van der Waals surface area contributed by atoms with E-state index in [9.17, 15) is 13.2 Å². The van der Waals surface area contributed by atoms with Crippen molar-refractivity contribution >= 4 is 0 Å². The van der Waals surface area contributed by atoms with E-state index in [2.05, 4.69) is 0 Å². The van der Waals surface area contributed by atoms with Crippen LogP contribution in [0.15, 0.2) is 54.6 Å². The fraction of sp³-hybridized carbons (Fsp3) is 0.250. The molecule has 0 radical (unpaired) electrons. The van der Waals surface area contributed by atoms with Gasteiger partial charge in [-0.1, -0.05) is 42.5 Å². The number of halogens is 3. The van der Waals surface area contributed by atoms with Gasteiger partial charge in [0.05, 0.1) is 12.2 Å². The maximum Gasteiger partial charge on any atom is 0.419 e. The summed E-state index contributed by atoms with van der Waals surface area (Å²) in [6.45, 7) is 0.409. The summed E-state index contributed by atoms with van der Waals surface area (Å²) < 4.78 is 44.0. The van der Waals surface area contributed by atoms with Crippen LogP contribution in [0.2, 0.25) is 0 Å². The van der Waals surface area contributed by atoms with Gasteiger partial charge >= 0.3 is 6.18 Å². The highest BCUT2D eigenvalue weighted by molar-refractivity contribution is 5.35. The summed E-state index contributed by atoms with van der Waals surface area (Å²) in [6, 6.07) is 14.6. The quantitative estimate of drug-likeness (QED) is 0.910. The molecule has 2 N–H and O–H groups in total. The Morgan fingerprint density at radius 2 is 1.57 bits per heavy atom. The first-order valence-corrected chi connectivity index (χ1v) is 6.56. The molecule has 0 bridgehead atoms. The molecule has 1 atom stereocenters. The van der Waals surface area contributed by atoms with Gasteiger partial charge < -0.3 is 10.5 Å². The van der Waals surface area contributed by atoms with Crippen LogP contribution >= 0.6 is 0 Å². The van der Waals surface area contributed by atoms with Crippen LogP contribution in [0.25, 0.3) is 0 Å². The Kier molecular flexibility index (Phi) is 4.85. The Bertz CT molecular complexity index is 569. The monoisotopic (exact) mass is 295 g/mol. The Morgan fingerprint density at radius 1 is 0.952 bits per heavy atom. The third-order valence-electron chi connectivity index (χ3n) is 3.19. The number of nitrogens with two attached hydrogens (primary N) is 1. The maximum absolute atomic E-state index is 12.9. The van der Waals surface area contributed by atoms with Gasteiger partial charge in [-0.05, 0) is 17.7 Å². The van der Waals surface area contributed by atoms with Gasteiger partial charge in [-0.2, -0.15) is 13.2 Å². The predicted molar refractivity (Wildman–Crippen MR) is 75.2 cm³/mol. The van der Waals surface area contributed by atoms with E-state index in [1.807, 2.05) is 30.3 Å². The third kappa shape index (κ3) is 3.98. The number of ether oxygens (including phenoxy) is 1. The van der Waals surface area contributed by atoms with Crippen LogP contribution in [0.4, 0.5) is 13.2 Å². The van der Waals surface area contributed by atoms with Gasteiger partial charge in [0.2, 0.25) is 0 Å². The Hall–Kier alpha value is -2.01. The molecule has 0 aromatic heterocycles. The number of alkyl halides is 3. The van der Waals surface area contributed by atoms with E-state index < -0.39 is 11.7 Å². The largest absolute Gasteiger partial charge is 0.492 e. The molecule has 0 fully saturated rings. The zero-order chi connectivity index (χ0) is 15.3. The van der Waals surface area contributed by atoms with Crippen LogP contribution in [-0.2, 0) is 6.18 Å². The Balaban J connectivity index is 2.13. The summed E-state index contributed by atoms with van der Waals surface area (Å²) >= 11 is 0. The minimum absolute atomic E-state index is 0.105. The maximum atomic E-state index is 12.9. The summed E-state index contributed by atoms with van der Waals surface area (Å²) in [5, 5.41) is 0. The molecule has 2 aromatic carbocycles. The smallest absolute Gasteiger partial charge is 0.419 e. The molecule has 0 aliphatic rings. The summed E-state index contributed by atoms with van der Waals surface area (Å²) in [4.78, 5) is 0. The second kappa shape index (κ2) is 6.63. The second-order valence-electron chi connectivity index (χ2n) is 4.65. The zero-order valence-electron chi connectivity index (χ0n) is 11.3. The fourth-order valence-electron chi connectivity index (χ4n) is 2.04. The van der Waals surface area contributed by atoms with Crippen LogP contribution in [-0.4, -0.2) is 13.2 Å². The molecule has 2 rings (SSSR count).